The molecule has 40 heavy (non-hydrogen) atoms. The quantitative estimate of drug-likeness (QED) is 0.169. The van der Waals surface area contributed by atoms with E-state index in [1.54, 1.807) is 0 Å². The number of ether oxygens (including phenoxy) is 3. The molecule has 5 rings (SSSR count). The molecule has 15 atom stereocenters. The zero-order valence-corrected chi connectivity index (χ0v) is 23.2. The number of ketones is 2. The third kappa shape index (κ3) is 5.90. The van der Waals surface area contributed by atoms with Gasteiger partial charge in [0.25, 0.3) is 0 Å². The van der Waals surface area contributed by atoms with Crippen LogP contribution in [0.1, 0.15) is 51.4 Å². The highest BCUT2D eigenvalue weighted by Gasteiger charge is 2.59. The molecule has 0 aromatic rings. The number of rotatable bonds is 7. The summed E-state index contributed by atoms with van der Waals surface area (Å²) in [6.07, 6.45) is -3.67. The maximum Gasteiger partial charge on any atom is 0.186 e. The summed E-state index contributed by atoms with van der Waals surface area (Å²) in [7, 11) is 1.53. The molecule has 0 bridgehead atoms. The number of aliphatic hydroxyl groups is 5. The van der Waals surface area contributed by atoms with E-state index in [2.05, 4.69) is 5.32 Å². The number of aliphatic hydroxyl groups excluding tert-OH is 5. The van der Waals surface area contributed by atoms with Crippen LogP contribution >= 0.6 is 0 Å². The Labute approximate surface area is 234 Å². The van der Waals surface area contributed by atoms with E-state index < -0.39 is 73.2 Å². The highest BCUT2D eigenvalue weighted by molar-refractivity contribution is 6.00. The average Bonchev–Trinajstić information content (AvgIpc) is 2.95. The number of piperidine rings is 1. The van der Waals surface area contributed by atoms with Gasteiger partial charge in [0, 0.05) is 37.7 Å². The fraction of sp³-hybridized carbons (Fsp3) is 0.929. The molecule has 0 aromatic carbocycles. The summed E-state index contributed by atoms with van der Waals surface area (Å²) < 4.78 is 17.2. The van der Waals surface area contributed by atoms with Gasteiger partial charge in [0.05, 0.1) is 43.3 Å². The van der Waals surface area contributed by atoms with Crippen LogP contribution in [0.25, 0.3) is 0 Å². The number of nitrogens with two attached hydrogens (primary N) is 2. The molecule has 0 aromatic heterocycles. The van der Waals surface area contributed by atoms with Gasteiger partial charge in [-0.2, -0.15) is 0 Å². The lowest BCUT2D eigenvalue weighted by Crippen LogP contribution is -2.95. The number of carbonyl (C=O) groups is 2. The van der Waals surface area contributed by atoms with Crippen molar-refractivity contribution in [3.05, 3.63) is 0 Å². The summed E-state index contributed by atoms with van der Waals surface area (Å²) in [5.74, 6) is -2.35. The van der Waals surface area contributed by atoms with E-state index in [9.17, 15) is 35.1 Å². The van der Waals surface area contributed by atoms with Crippen molar-refractivity contribution in [3.63, 3.8) is 0 Å². The Hall–Kier alpha value is -1.06. The zero-order valence-electron chi connectivity index (χ0n) is 23.2. The average molecular weight is 572 g/mol. The predicted octanol–water partition coefficient (Wildman–Crippen LogP) is -2.59. The zero-order chi connectivity index (χ0) is 28.7. The SMILES string of the molecule is COC1CC(O[C@H]2O[C@H](CO)[C@@H](O)[C@H](O)[C@H]2O)C2C(=O)C3C(O)CC(CCC4CCC(N)[NH2+]C4)CC3C(=O)C2C1. The van der Waals surface area contributed by atoms with Gasteiger partial charge in [0.15, 0.2) is 6.29 Å². The summed E-state index contributed by atoms with van der Waals surface area (Å²) in [5.41, 5.74) is 6.00. The smallest absolute Gasteiger partial charge is 0.186 e. The summed E-state index contributed by atoms with van der Waals surface area (Å²) in [6.45, 7) is 0.390. The molecule has 228 valence electrons. The van der Waals surface area contributed by atoms with Crippen LogP contribution in [0.15, 0.2) is 0 Å². The van der Waals surface area contributed by atoms with Gasteiger partial charge in [-0.1, -0.05) is 0 Å². The molecule has 10 unspecified atom stereocenters. The Balaban J connectivity index is 1.30. The predicted molar refractivity (Wildman–Crippen MR) is 138 cm³/mol. The summed E-state index contributed by atoms with van der Waals surface area (Å²) >= 11 is 0. The van der Waals surface area contributed by atoms with Crippen molar-refractivity contribution in [1.29, 1.82) is 0 Å². The lowest BCUT2D eigenvalue weighted by molar-refractivity contribution is -0.702. The van der Waals surface area contributed by atoms with E-state index in [0.29, 0.717) is 25.2 Å². The van der Waals surface area contributed by atoms with Crippen molar-refractivity contribution in [3.8, 4) is 0 Å². The van der Waals surface area contributed by atoms with E-state index in [0.717, 1.165) is 32.2 Å². The molecule has 5 aliphatic rings. The maximum atomic E-state index is 14.0. The van der Waals surface area contributed by atoms with Crippen molar-refractivity contribution < 1.29 is 54.6 Å². The van der Waals surface area contributed by atoms with Crippen molar-refractivity contribution in [2.45, 2.75) is 107 Å². The molecule has 3 saturated carbocycles. The minimum absolute atomic E-state index is 0.0422. The van der Waals surface area contributed by atoms with Gasteiger partial charge in [-0.3, -0.25) is 15.3 Å². The van der Waals surface area contributed by atoms with Crippen LogP contribution in [0.5, 0.6) is 0 Å². The summed E-state index contributed by atoms with van der Waals surface area (Å²) in [4.78, 5) is 27.9. The Kier molecular flexibility index (Phi) is 9.62. The second-order valence-electron chi connectivity index (χ2n) is 12.8. The van der Waals surface area contributed by atoms with Crippen LogP contribution < -0.4 is 11.1 Å². The minimum Gasteiger partial charge on any atom is -0.394 e. The lowest BCUT2D eigenvalue weighted by Gasteiger charge is -2.51. The van der Waals surface area contributed by atoms with Crippen molar-refractivity contribution in [1.82, 2.24) is 0 Å². The third-order valence-electron chi connectivity index (χ3n) is 10.4. The maximum absolute atomic E-state index is 14.0. The summed E-state index contributed by atoms with van der Waals surface area (Å²) in [6, 6.07) is 0. The van der Waals surface area contributed by atoms with E-state index >= 15 is 0 Å². The Morgan fingerprint density at radius 2 is 1.62 bits per heavy atom. The Morgan fingerprint density at radius 3 is 2.30 bits per heavy atom. The molecule has 9 N–H and O–H groups in total. The number of quaternary nitrogens is 1. The van der Waals surface area contributed by atoms with Gasteiger partial charge < -0.3 is 45.1 Å². The first-order valence-electron chi connectivity index (χ1n) is 15.0. The topological polar surface area (TPSA) is 206 Å². The number of hydrogen-bond donors (Lipinski definition) is 7. The van der Waals surface area contributed by atoms with Crippen LogP contribution in [0, 0.1) is 35.5 Å². The molecule has 5 fully saturated rings. The van der Waals surface area contributed by atoms with Crippen LogP contribution in [-0.2, 0) is 23.8 Å². The highest BCUT2D eigenvalue weighted by atomic mass is 16.7. The Morgan fingerprint density at radius 1 is 0.900 bits per heavy atom. The van der Waals surface area contributed by atoms with Crippen molar-refractivity contribution >= 4 is 11.6 Å². The van der Waals surface area contributed by atoms with Gasteiger partial charge in [-0.15, -0.1) is 0 Å². The highest BCUT2D eigenvalue weighted by Crippen LogP contribution is 2.50. The molecule has 0 amide bonds. The first-order valence-corrected chi connectivity index (χ1v) is 15.0. The molecule has 12 heteroatoms. The molecule has 0 spiro atoms. The minimum atomic E-state index is -1.63. The van der Waals surface area contributed by atoms with E-state index in [1.165, 1.54) is 7.11 Å². The van der Waals surface area contributed by atoms with E-state index in [4.69, 9.17) is 19.9 Å². The molecule has 2 heterocycles. The largest absolute Gasteiger partial charge is 0.394 e. The molecular formula is C28H47N2O10+. The van der Waals surface area contributed by atoms with Gasteiger partial charge >= 0.3 is 0 Å². The molecule has 12 nitrogen and oxygen atoms in total. The third-order valence-corrected chi connectivity index (χ3v) is 10.4. The fourth-order valence-electron chi connectivity index (χ4n) is 8.09. The van der Waals surface area contributed by atoms with Gasteiger partial charge in [0.1, 0.15) is 42.1 Å². The van der Waals surface area contributed by atoms with Crippen LogP contribution in [0.4, 0.5) is 0 Å². The van der Waals surface area contributed by atoms with Crippen LogP contribution in [-0.4, -0.2) is 113 Å². The second kappa shape index (κ2) is 12.7. The van der Waals surface area contributed by atoms with Crippen molar-refractivity contribution in [2.24, 2.45) is 41.2 Å². The number of carbonyl (C=O) groups excluding carboxylic acids is 2. The van der Waals surface area contributed by atoms with Gasteiger partial charge in [-0.05, 0) is 44.4 Å². The first-order chi connectivity index (χ1) is 19.1. The normalized spacial score (nSPS) is 49.8. The molecule has 3 aliphatic carbocycles. The van der Waals surface area contributed by atoms with E-state index in [-0.39, 0.29) is 36.2 Å². The number of Topliss-reactive ketones (excluding diaryl/α,β-unsaturated/α-hetero) is 2. The van der Waals surface area contributed by atoms with Crippen molar-refractivity contribution in [2.75, 3.05) is 20.3 Å². The number of fused-ring (bicyclic) bond motifs is 2. The lowest BCUT2D eigenvalue weighted by atomic mass is 9.55. The van der Waals surface area contributed by atoms with Gasteiger partial charge in [0.2, 0.25) is 0 Å². The molecule has 0 radical (unpaired) electrons. The molecule has 2 saturated heterocycles. The standard InChI is InChI=1S/C28H46N2O10/c1-38-14-8-16-22(18(9-14)39-28-27(37)26(36)24(34)19(11-31)40-28)25(35)21-15(23(16)33)6-13(7-17(21)32)3-2-12-4-5-20(29)30-10-12/h12-22,24,26-28,30-32,34,36-37H,2-11,29H2,1H3/p+1/t12?,13?,14?,15?,16?,17?,18?,19-,20?,21?,22?,24-,26+,27-,28+/m1/s1. The molecule has 2 aliphatic heterocycles. The van der Waals surface area contributed by atoms with E-state index in [1.807, 2.05) is 0 Å². The second-order valence-corrected chi connectivity index (χ2v) is 12.8. The van der Waals surface area contributed by atoms with Crippen LogP contribution in [0.2, 0.25) is 0 Å². The summed E-state index contributed by atoms with van der Waals surface area (Å²) in [5, 5.41) is 53.8. The Bertz CT molecular complexity index is 898. The van der Waals surface area contributed by atoms with Crippen LogP contribution in [0.3, 0.4) is 0 Å². The number of methoxy groups -OCH3 is 1. The number of hydrogen-bond acceptors (Lipinski definition) is 11. The first kappa shape index (κ1) is 30.4. The van der Waals surface area contributed by atoms with Gasteiger partial charge in [-0.25, -0.2) is 0 Å². The molecular weight excluding hydrogens is 524 g/mol. The fourth-order valence-corrected chi connectivity index (χ4v) is 8.09. The monoisotopic (exact) mass is 571 g/mol.